The Morgan fingerprint density at radius 1 is 1.30 bits per heavy atom. The van der Waals surface area contributed by atoms with Crippen LogP contribution in [0.25, 0.3) is 0 Å². The number of hydrogen-bond donors (Lipinski definition) is 2. The van der Waals surface area contributed by atoms with Gasteiger partial charge in [-0.3, -0.25) is 4.79 Å². The Hall–Kier alpha value is -1.98. The van der Waals surface area contributed by atoms with Gasteiger partial charge in [0.1, 0.15) is 17.7 Å². The molecule has 0 saturated heterocycles. The molecule has 0 aromatic heterocycles. The molecule has 0 radical (unpaired) electrons. The number of carbonyl (C=O) groups is 2. The fourth-order valence-electron chi connectivity index (χ4n) is 3.04. The van der Waals surface area contributed by atoms with Crippen molar-refractivity contribution in [2.75, 3.05) is 0 Å². The summed E-state index contributed by atoms with van der Waals surface area (Å²) in [7, 11) is 0. The number of rotatable bonds is 7. The van der Waals surface area contributed by atoms with Crippen LogP contribution >= 0.6 is 0 Å². The summed E-state index contributed by atoms with van der Waals surface area (Å²) < 4.78 is 28.2. The van der Waals surface area contributed by atoms with Crippen LogP contribution in [0.3, 0.4) is 0 Å². The average Bonchev–Trinajstić information content (AvgIpc) is 2.45. The third kappa shape index (κ3) is 3.35. The van der Waals surface area contributed by atoms with Gasteiger partial charge in [-0.2, -0.15) is 0 Å². The van der Waals surface area contributed by atoms with E-state index in [1.54, 1.807) is 0 Å². The molecule has 2 rings (SSSR count). The van der Waals surface area contributed by atoms with E-state index in [-0.39, 0.29) is 5.56 Å². The summed E-state index contributed by atoms with van der Waals surface area (Å²) >= 11 is 0. The minimum Gasteiger partial charge on any atom is -0.480 e. The standard InChI is InChI=1S/C17H21F2NO3/c1-2-3-8-13(15(21)22)20-16(23)17(9-5-10-17)14-11(18)6-4-7-12(14)19/h4,6-7,13H,2-3,5,8-10H2,1H3,(H,20,23)(H,21,22)/t13-/m0/s1. The first-order valence-electron chi connectivity index (χ1n) is 7.90. The lowest BCUT2D eigenvalue weighted by atomic mass is 9.63. The molecule has 126 valence electrons. The fourth-order valence-corrected chi connectivity index (χ4v) is 3.04. The van der Waals surface area contributed by atoms with Gasteiger partial charge >= 0.3 is 5.97 Å². The van der Waals surface area contributed by atoms with E-state index in [0.29, 0.717) is 32.1 Å². The SMILES string of the molecule is CCCC[C@H](NC(=O)C1(c2c(F)cccc2F)CCC1)C(=O)O. The number of carbonyl (C=O) groups excluding carboxylic acids is 1. The van der Waals surface area contributed by atoms with Crippen molar-refractivity contribution < 1.29 is 23.5 Å². The van der Waals surface area contributed by atoms with Gasteiger partial charge in [-0.1, -0.05) is 32.3 Å². The van der Waals surface area contributed by atoms with Gasteiger partial charge in [0.15, 0.2) is 0 Å². The van der Waals surface area contributed by atoms with Crippen LogP contribution in [0.4, 0.5) is 8.78 Å². The number of unbranched alkanes of at least 4 members (excludes halogenated alkanes) is 1. The first-order chi connectivity index (χ1) is 10.9. The van der Waals surface area contributed by atoms with Crippen LogP contribution < -0.4 is 5.32 Å². The second-order valence-corrected chi connectivity index (χ2v) is 6.04. The monoisotopic (exact) mass is 325 g/mol. The maximum absolute atomic E-state index is 14.1. The van der Waals surface area contributed by atoms with Gasteiger partial charge in [-0.05, 0) is 31.4 Å². The molecule has 1 amide bonds. The molecule has 1 aromatic rings. The number of nitrogens with one attached hydrogen (secondary N) is 1. The molecule has 23 heavy (non-hydrogen) atoms. The van der Waals surface area contributed by atoms with Crippen molar-refractivity contribution in [2.45, 2.75) is 56.9 Å². The second kappa shape index (κ2) is 7.06. The first-order valence-corrected chi connectivity index (χ1v) is 7.90. The fraction of sp³-hybridized carbons (Fsp3) is 0.529. The van der Waals surface area contributed by atoms with Crippen LogP contribution in [0.5, 0.6) is 0 Å². The van der Waals surface area contributed by atoms with E-state index in [0.717, 1.165) is 18.6 Å². The van der Waals surface area contributed by atoms with E-state index in [1.807, 2.05) is 6.92 Å². The number of hydrogen-bond acceptors (Lipinski definition) is 2. The summed E-state index contributed by atoms with van der Waals surface area (Å²) in [5.41, 5.74) is -1.54. The van der Waals surface area contributed by atoms with E-state index < -0.39 is 35.0 Å². The van der Waals surface area contributed by atoms with Crippen molar-refractivity contribution in [1.29, 1.82) is 0 Å². The van der Waals surface area contributed by atoms with E-state index in [9.17, 15) is 23.5 Å². The molecule has 0 unspecified atom stereocenters. The highest BCUT2D eigenvalue weighted by atomic mass is 19.1. The minimum atomic E-state index is -1.30. The largest absolute Gasteiger partial charge is 0.480 e. The summed E-state index contributed by atoms with van der Waals surface area (Å²) in [5, 5.41) is 11.7. The van der Waals surface area contributed by atoms with Crippen LogP contribution in [0.2, 0.25) is 0 Å². The normalized spacial score (nSPS) is 17.2. The predicted molar refractivity (Wildman–Crippen MR) is 81.0 cm³/mol. The third-order valence-electron chi connectivity index (χ3n) is 4.53. The zero-order chi connectivity index (χ0) is 17.0. The molecule has 6 heteroatoms. The van der Waals surface area contributed by atoms with Gasteiger partial charge in [0.05, 0.1) is 5.41 Å². The van der Waals surface area contributed by atoms with Crippen molar-refractivity contribution >= 4 is 11.9 Å². The molecule has 1 saturated carbocycles. The van der Waals surface area contributed by atoms with Crippen molar-refractivity contribution in [1.82, 2.24) is 5.32 Å². The zero-order valence-corrected chi connectivity index (χ0v) is 13.1. The van der Waals surface area contributed by atoms with E-state index in [4.69, 9.17) is 0 Å². The van der Waals surface area contributed by atoms with Crippen molar-refractivity contribution in [3.63, 3.8) is 0 Å². The summed E-state index contributed by atoms with van der Waals surface area (Å²) in [6.45, 7) is 1.92. The van der Waals surface area contributed by atoms with Crippen LogP contribution in [0.15, 0.2) is 18.2 Å². The Morgan fingerprint density at radius 2 is 1.91 bits per heavy atom. The molecule has 1 aromatic carbocycles. The molecule has 0 bridgehead atoms. The quantitative estimate of drug-likeness (QED) is 0.809. The number of halogens is 2. The average molecular weight is 325 g/mol. The molecule has 1 fully saturated rings. The molecule has 0 aliphatic heterocycles. The molecule has 0 heterocycles. The third-order valence-corrected chi connectivity index (χ3v) is 4.53. The van der Waals surface area contributed by atoms with Gasteiger partial charge in [-0.25, -0.2) is 13.6 Å². The highest BCUT2D eigenvalue weighted by Crippen LogP contribution is 2.46. The smallest absolute Gasteiger partial charge is 0.326 e. The lowest BCUT2D eigenvalue weighted by Gasteiger charge is -2.41. The Morgan fingerprint density at radius 3 is 2.35 bits per heavy atom. The number of carboxylic acids is 1. The molecular weight excluding hydrogens is 304 g/mol. The molecule has 0 spiro atoms. The maximum atomic E-state index is 14.1. The number of benzene rings is 1. The minimum absolute atomic E-state index is 0.247. The van der Waals surface area contributed by atoms with Crippen LogP contribution in [0.1, 0.15) is 51.0 Å². The topological polar surface area (TPSA) is 66.4 Å². The lowest BCUT2D eigenvalue weighted by Crippen LogP contribution is -2.54. The van der Waals surface area contributed by atoms with Gasteiger partial charge in [0.2, 0.25) is 5.91 Å². The Balaban J connectivity index is 2.26. The molecule has 2 N–H and O–H groups in total. The van der Waals surface area contributed by atoms with Crippen molar-refractivity contribution in [3.8, 4) is 0 Å². The summed E-state index contributed by atoms with van der Waals surface area (Å²) in [6.07, 6.45) is 3.06. The summed E-state index contributed by atoms with van der Waals surface area (Å²) in [6, 6.07) is 2.46. The van der Waals surface area contributed by atoms with Gasteiger partial charge in [0.25, 0.3) is 0 Å². The molecular formula is C17H21F2NO3. The van der Waals surface area contributed by atoms with Gasteiger partial charge in [-0.15, -0.1) is 0 Å². The van der Waals surface area contributed by atoms with E-state index in [2.05, 4.69) is 5.32 Å². The second-order valence-electron chi connectivity index (χ2n) is 6.04. The van der Waals surface area contributed by atoms with Gasteiger partial charge < -0.3 is 10.4 Å². The highest BCUT2D eigenvalue weighted by Gasteiger charge is 2.49. The Kier molecular flexibility index (Phi) is 5.34. The highest BCUT2D eigenvalue weighted by molar-refractivity contribution is 5.92. The first kappa shape index (κ1) is 17.4. The molecule has 1 aliphatic carbocycles. The maximum Gasteiger partial charge on any atom is 0.326 e. The molecule has 1 atom stereocenters. The Labute approximate surface area is 133 Å². The van der Waals surface area contributed by atoms with Crippen LogP contribution in [-0.4, -0.2) is 23.0 Å². The van der Waals surface area contributed by atoms with E-state index in [1.165, 1.54) is 6.07 Å². The van der Waals surface area contributed by atoms with Crippen LogP contribution in [-0.2, 0) is 15.0 Å². The predicted octanol–water partition coefficient (Wildman–Crippen LogP) is 3.15. The lowest BCUT2D eigenvalue weighted by molar-refractivity contribution is -0.144. The van der Waals surface area contributed by atoms with E-state index >= 15 is 0 Å². The Bertz CT molecular complexity index is 579. The van der Waals surface area contributed by atoms with Crippen molar-refractivity contribution in [2.24, 2.45) is 0 Å². The van der Waals surface area contributed by atoms with Crippen LogP contribution in [0, 0.1) is 11.6 Å². The summed E-state index contributed by atoms with van der Waals surface area (Å²) in [5.74, 6) is -3.26. The zero-order valence-electron chi connectivity index (χ0n) is 13.1. The molecule has 1 aliphatic rings. The summed E-state index contributed by atoms with van der Waals surface area (Å²) in [4.78, 5) is 23.9. The van der Waals surface area contributed by atoms with Crippen molar-refractivity contribution in [3.05, 3.63) is 35.4 Å². The number of carboxylic acid groups (broad SMARTS) is 1. The van der Waals surface area contributed by atoms with Gasteiger partial charge in [0, 0.05) is 5.56 Å². The number of amides is 1. The molecule has 4 nitrogen and oxygen atoms in total. The number of aliphatic carboxylic acids is 1.